The Hall–Kier alpha value is 2.00. The fourth-order valence-electron chi connectivity index (χ4n) is 5.03. The third-order valence-corrected chi connectivity index (χ3v) is 29.1. The quantitative estimate of drug-likeness (QED) is 0.0419. The van der Waals surface area contributed by atoms with Crippen molar-refractivity contribution in [2.24, 2.45) is 0 Å². The lowest BCUT2D eigenvalue weighted by atomic mass is 10.1. The largest absolute Gasteiger partial charge is 0.0851 e. The second kappa shape index (κ2) is 29.1. The highest BCUT2D eigenvalue weighted by Gasteiger charge is 2.24. The van der Waals surface area contributed by atoms with Crippen LogP contribution in [-0.2, 0) is 23.6 Å². The average molecular weight is 643 g/mol. The van der Waals surface area contributed by atoms with Gasteiger partial charge in [0.2, 0.25) is 0 Å². The standard InChI is InChI=1S/C32H68P2S4/c1-5-9-13-17-21-25-29-33(35,30-26-22-18-14-10-6-2)37-38-34(36,31-27-23-19-15-11-7-3)32-28-24-20-16-12-8-4/h5-32H2,1-4H3. The lowest BCUT2D eigenvalue weighted by Crippen LogP contribution is -1.96. The van der Waals surface area contributed by atoms with E-state index in [0.717, 1.165) is 0 Å². The predicted molar refractivity (Wildman–Crippen MR) is 197 cm³/mol. The summed E-state index contributed by atoms with van der Waals surface area (Å²) in [5.41, 5.74) is 0. The highest BCUT2D eigenvalue weighted by Crippen LogP contribution is 2.76. The van der Waals surface area contributed by atoms with Gasteiger partial charge in [0.1, 0.15) is 0 Å². The molecule has 0 bridgehead atoms. The summed E-state index contributed by atoms with van der Waals surface area (Å²) in [5, 5.41) is -2.72. The van der Waals surface area contributed by atoms with Gasteiger partial charge < -0.3 is 0 Å². The van der Waals surface area contributed by atoms with E-state index in [1.165, 1.54) is 179 Å². The van der Waals surface area contributed by atoms with Crippen molar-refractivity contribution < 1.29 is 0 Å². The summed E-state index contributed by atoms with van der Waals surface area (Å²) >= 11 is 13.1. The van der Waals surface area contributed by atoms with Gasteiger partial charge in [-0.3, -0.25) is 0 Å². The van der Waals surface area contributed by atoms with Crippen LogP contribution in [0.25, 0.3) is 0 Å². The van der Waals surface area contributed by atoms with E-state index in [2.05, 4.69) is 48.5 Å². The molecule has 0 rings (SSSR count). The Balaban J connectivity index is 4.95. The molecule has 0 saturated heterocycles. The van der Waals surface area contributed by atoms with Crippen molar-refractivity contribution in [2.45, 2.75) is 182 Å². The monoisotopic (exact) mass is 642 g/mol. The normalized spacial score (nSPS) is 12.4. The second-order valence-corrected chi connectivity index (χ2v) is 30.4. The van der Waals surface area contributed by atoms with Crippen LogP contribution in [0, 0.1) is 0 Å². The van der Waals surface area contributed by atoms with Gasteiger partial charge in [0.05, 0.1) is 0 Å². The Kier molecular flexibility index (Phi) is 30.6. The van der Waals surface area contributed by atoms with Crippen LogP contribution in [0.2, 0.25) is 0 Å². The highest BCUT2D eigenvalue weighted by atomic mass is 33.5. The lowest BCUT2D eigenvalue weighted by Gasteiger charge is -2.27. The van der Waals surface area contributed by atoms with Crippen LogP contribution in [0.1, 0.15) is 182 Å². The van der Waals surface area contributed by atoms with Crippen LogP contribution in [0.15, 0.2) is 0 Å². The molecule has 0 fully saturated rings. The minimum atomic E-state index is -1.36. The summed E-state index contributed by atoms with van der Waals surface area (Å²) in [6, 6.07) is 0. The van der Waals surface area contributed by atoms with Gasteiger partial charge in [-0.1, -0.05) is 201 Å². The van der Waals surface area contributed by atoms with Crippen LogP contribution in [0.5, 0.6) is 0 Å². The minimum absolute atomic E-state index is 1.32. The van der Waals surface area contributed by atoms with E-state index in [-0.39, 0.29) is 0 Å². The zero-order valence-corrected chi connectivity index (χ0v) is 31.4. The molecule has 0 aliphatic rings. The summed E-state index contributed by atoms with van der Waals surface area (Å²) < 4.78 is 0. The van der Waals surface area contributed by atoms with Crippen molar-refractivity contribution in [1.29, 1.82) is 0 Å². The number of unbranched alkanes of at least 4 members (excludes halogenated alkanes) is 20. The number of hydrogen-bond donors (Lipinski definition) is 0. The molecule has 0 heterocycles. The topological polar surface area (TPSA) is 0 Å². The second-order valence-electron chi connectivity index (χ2n) is 11.7. The molecule has 0 saturated carbocycles. The molecule has 0 amide bonds. The minimum Gasteiger partial charge on any atom is -0.0851 e. The smallest absolute Gasteiger partial charge is 0.0182 e. The molecular formula is C32H68P2S4. The van der Waals surface area contributed by atoms with Gasteiger partial charge in [-0.15, -0.1) is 0 Å². The van der Waals surface area contributed by atoms with Crippen molar-refractivity contribution in [2.75, 3.05) is 24.6 Å². The fourth-order valence-corrected chi connectivity index (χ4v) is 29.4. The van der Waals surface area contributed by atoms with Crippen LogP contribution in [0.3, 0.4) is 0 Å². The van der Waals surface area contributed by atoms with Gasteiger partial charge in [-0.2, -0.15) is 0 Å². The van der Waals surface area contributed by atoms with Gasteiger partial charge in [0.25, 0.3) is 0 Å². The van der Waals surface area contributed by atoms with Crippen LogP contribution >= 0.6 is 31.3 Å². The summed E-state index contributed by atoms with van der Waals surface area (Å²) in [6.07, 6.45) is 38.6. The molecule has 0 aromatic heterocycles. The predicted octanol–water partition coefficient (Wildman–Crippen LogP) is 14.6. The molecule has 0 aliphatic heterocycles. The third kappa shape index (κ3) is 25.7. The van der Waals surface area contributed by atoms with Gasteiger partial charge in [0.15, 0.2) is 0 Å². The average Bonchev–Trinajstić information content (AvgIpc) is 2.91. The molecule has 0 spiro atoms. The first-order valence-corrected chi connectivity index (χ1v) is 26.7. The van der Waals surface area contributed by atoms with Crippen molar-refractivity contribution in [3.63, 3.8) is 0 Å². The molecule has 6 heteroatoms. The lowest BCUT2D eigenvalue weighted by molar-refractivity contribution is 0.622. The molecule has 0 atom stereocenters. The van der Waals surface area contributed by atoms with E-state index in [4.69, 9.17) is 23.6 Å². The van der Waals surface area contributed by atoms with E-state index >= 15 is 0 Å². The van der Waals surface area contributed by atoms with E-state index in [9.17, 15) is 0 Å². The molecule has 0 unspecified atom stereocenters. The van der Waals surface area contributed by atoms with Gasteiger partial charge in [0, 0.05) is 10.5 Å². The van der Waals surface area contributed by atoms with Crippen molar-refractivity contribution >= 4 is 54.9 Å². The first kappa shape index (κ1) is 40.0. The third-order valence-electron chi connectivity index (χ3n) is 7.71. The molecule has 38 heavy (non-hydrogen) atoms. The number of hydrogen-bond acceptors (Lipinski definition) is 4. The molecule has 0 radical (unpaired) electrons. The maximum Gasteiger partial charge on any atom is 0.0182 e. The van der Waals surface area contributed by atoms with E-state index < -0.39 is 10.5 Å². The summed E-state index contributed by atoms with van der Waals surface area (Å²) in [5.74, 6) is 0. The fraction of sp³-hybridized carbons (Fsp3) is 1.00. The number of rotatable bonds is 31. The summed E-state index contributed by atoms with van der Waals surface area (Å²) in [7, 11) is 4.40. The van der Waals surface area contributed by atoms with Gasteiger partial charge in [-0.25, -0.2) is 0 Å². The Morgan fingerprint density at radius 3 is 0.711 bits per heavy atom. The summed E-state index contributed by atoms with van der Waals surface area (Å²) in [4.78, 5) is 0. The first-order chi connectivity index (χ1) is 18.4. The van der Waals surface area contributed by atoms with Crippen LogP contribution in [0.4, 0.5) is 0 Å². The molecule has 0 aromatic rings. The maximum atomic E-state index is 6.56. The molecule has 0 nitrogen and oxygen atoms in total. The van der Waals surface area contributed by atoms with Crippen LogP contribution in [-0.4, -0.2) is 24.6 Å². The highest BCUT2D eigenvalue weighted by molar-refractivity contribution is 9.19. The van der Waals surface area contributed by atoms with Crippen molar-refractivity contribution in [3.05, 3.63) is 0 Å². The Morgan fingerprint density at radius 1 is 0.316 bits per heavy atom. The Labute approximate surface area is 259 Å². The maximum absolute atomic E-state index is 6.56. The van der Waals surface area contributed by atoms with E-state index in [1.54, 1.807) is 0 Å². The van der Waals surface area contributed by atoms with Crippen molar-refractivity contribution in [1.82, 2.24) is 0 Å². The SMILES string of the molecule is CCCCCCCCP(=S)(CCCCCCCC)SSP(=S)(CCCCCCCC)CCCCCCCC. The Bertz CT molecular complexity index is 492. The van der Waals surface area contributed by atoms with Gasteiger partial charge in [-0.05, 0) is 50.3 Å². The van der Waals surface area contributed by atoms with Gasteiger partial charge >= 0.3 is 0 Å². The van der Waals surface area contributed by atoms with E-state index in [0.29, 0.717) is 0 Å². The molecular weight excluding hydrogens is 575 g/mol. The Morgan fingerprint density at radius 2 is 0.500 bits per heavy atom. The van der Waals surface area contributed by atoms with E-state index in [1.807, 2.05) is 0 Å². The first-order valence-electron chi connectivity index (χ1n) is 17.0. The summed E-state index contributed by atoms with van der Waals surface area (Å²) in [6.45, 7) is 9.26. The zero-order chi connectivity index (χ0) is 28.2. The van der Waals surface area contributed by atoms with Crippen molar-refractivity contribution in [3.8, 4) is 0 Å². The van der Waals surface area contributed by atoms with Crippen LogP contribution < -0.4 is 0 Å². The molecule has 230 valence electrons. The molecule has 0 aliphatic carbocycles. The zero-order valence-electron chi connectivity index (χ0n) is 26.3. The molecule has 0 aromatic carbocycles. The molecule has 0 N–H and O–H groups in total.